The quantitative estimate of drug-likeness (QED) is 0.507. The molecule has 6 nitrogen and oxygen atoms in total. The Labute approximate surface area is 169 Å². The third-order valence-corrected chi connectivity index (χ3v) is 4.60. The molecule has 8 heteroatoms. The van der Waals surface area contributed by atoms with E-state index in [1.54, 1.807) is 37.3 Å². The zero-order valence-corrected chi connectivity index (χ0v) is 16.0. The zero-order chi connectivity index (χ0) is 20.5. The normalized spacial score (nSPS) is 11.0. The van der Waals surface area contributed by atoms with Crippen molar-refractivity contribution in [3.63, 3.8) is 0 Å². The maximum atomic E-state index is 13.6. The molecular formula is C21H15ClFN3O3. The number of nitrogens with zero attached hydrogens (tertiary/aromatic N) is 2. The second-order valence-corrected chi connectivity index (χ2v) is 6.68. The average molecular weight is 412 g/mol. The molecule has 0 aliphatic heterocycles. The summed E-state index contributed by atoms with van der Waals surface area (Å²) < 4.78 is 19.9. The molecule has 4 aromatic rings. The van der Waals surface area contributed by atoms with E-state index in [2.05, 4.69) is 10.1 Å². The van der Waals surface area contributed by atoms with Gasteiger partial charge >= 0.3 is 5.97 Å². The minimum Gasteiger partial charge on any atom is -0.462 e. The van der Waals surface area contributed by atoms with Crippen molar-refractivity contribution < 1.29 is 13.9 Å². The van der Waals surface area contributed by atoms with Crippen LogP contribution in [-0.4, -0.2) is 27.2 Å². The average Bonchev–Trinajstić information content (AvgIpc) is 3.09. The minimum atomic E-state index is -0.625. The molecule has 0 bridgehead atoms. The number of hydrogen-bond donors (Lipinski definition) is 1. The smallest absolute Gasteiger partial charge is 0.344 e. The van der Waals surface area contributed by atoms with Crippen molar-refractivity contribution in [3.8, 4) is 22.5 Å². The van der Waals surface area contributed by atoms with E-state index in [-0.39, 0.29) is 23.5 Å². The number of esters is 1. The summed E-state index contributed by atoms with van der Waals surface area (Å²) in [5.74, 6) is -1.07. The van der Waals surface area contributed by atoms with Gasteiger partial charge in [-0.05, 0) is 31.2 Å². The van der Waals surface area contributed by atoms with Crippen LogP contribution in [0.3, 0.4) is 0 Å². The van der Waals surface area contributed by atoms with Crippen molar-refractivity contribution in [2.75, 3.05) is 6.61 Å². The molecule has 146 valence electrons. The van der Waals surface area contributed by atoms with Crippen LogP contribution in [0.2, 0.25) is 5.02 Å². The van der Waals surface area contributed by atoms with E-state index >= 15 is 0 Å². The van der Waals surface area contributed by atoms with E-state index in [9.17, 15) is 14.0 Å². The van der Waals surface area contributed by atoms with E-state index in [0.29, 0.717) is 21.8 Å². The van der Waals surface area contributed by atoms with Crippen LogP contribution in [0.4, 0.5) is 4.39 Å². The summed E-state index contributed by atoms with van der Waals surface area (Å²) in [4.78, 5) is 28.4. The standard InChI is InChI=1S/C21H15ClFN3O3/c1-2-29-21(28)18-19(12-6-8-14(22)9-7-12)25-26-17(27)11-16(24-20(18)26)13-4-3-5-15(23)10-13/h3-11,24H,2H2,1H3. The van der Waals surface area contributed by atoms with Gasteiger partial charge in [0, 0.05) is 22.2 Å². The predicted molar refractivity (Wildman–Crippen MR) is 108 cm³/mol. The highest BCUT2D eigenvalue weighted by Gasteiger charge is 2.24. The third-order valence-electron chi connectivity index (χ3n) is 4.35. The Morgan fingerprint density at radius 3 is 2.62 bits per heavy atom. The van der Waals surface area contributed by atoms with Crippen molar-refractivity contribution in [1.82, 2.24) is 14.6 Å². The molecule has 2 heterocycles. The van der Waals surface area contributed by atoms with Crippen molar-refractivity contribution in [2.24, 2.45) is 0 Å². The van der Waals surface area contributed by atoms with Crippen LogP contribution in [0, 0.1) is 5.82 Å². The highest BCUT2D eigenvalue weighted by molar-refractivity contribution is 6.30. The molecule has 2 aromatic heterocycles. The predicted octanol–water partition coefficient (Wildman–Crippen LogP) is 4.33. The number of halogens is 2. The highest BCUT2D eigenvalue weighted by Crippen LogP contribution is 2.28. The lowest BCUT2D eigenvalue weighted by atomic mass is 10.1. The topological polar surface area (TPSA) is 76.5 Å². The first-order valence-electron chi connectivity index (χ1n) is 8.83. The molecule has 0 aliphatic rings. The summed E-state index contributed by atoms with van der Waals surface area (Å²) in [5, 5.41) is 4.85. The van der Waals surface area contributed by atoms with E-state index in [4.69, 9.17) is 16.3 Å². The molecule has 0 fully saturated rings. The van der Waals surface area contributed by atoms with Gasteiger partial charge in [-0.25, -0.2) is 9.18 Å². The molecule has 0 atom stereocenters. The van der Waals surface area contributed by atoms with Gasteiger partial charge in [0.1, 0.15) is 17.1 Å². The zero-order valence-electron chi connectivity index (χ0n) is 15.3. The molecule has 0 amide bonds. The lowest BCUT2D eigenvalue weighted by molar-refractivity contribution is 0.0529. The van der Waals surface area contributed by atoms with Gasteiger partial charge in [-0.1, -0.05) is 35.9 Å². The number of nitrogens with one attached hydrogen (secondary N) is 1. The highest BCUT2D eigenvalue weighted by atomic mass is 35.5. The maximum absolute atomic E-state index is 13.6. The van der Waals surface area contributed by atoms with Crippen LogP contribution in [0.1, 0.15) is 17.3 Å². The van der Waals surface area contributed by atoms with Crippen molar-refractivity contribution in [2.45, 2.75) is 6.92 Å². The summed E-state index contributed by atoms with van der Waals surface area (Å²) in [6.07, 6.45) is 0. The van der Waals surface area contributed by atoms with Gasteiger partial charge in [0.2, 0.25) is 0 Å². The van der Waals surface area contributed by atoms with E-state index < -0.39 is 17.3 Å². The van der Waals surface area contributed by atoms with Gasteiger partial charge in [0.05, 0.1) is 12.3 Å². The second-order valence-electron chi connectivity index (χ2n) is 6.24. The van der Waals surface area contributed by atoms with Crippen LogP contribution in [0.15, 0.2) is 59.4 Å². The number of aromatic amines is 1. The molecule has 0 spiro atoms. The minimum absolute atomic E-state index is 0.115. The third kappa shape index (κ3) is 3.52. The Kier molecular flexibility index (Phi) is 4.90. The maximum Gasteiger partial charge on any atom is 0.344 e. The van der Waals surface area contributed by atoms with Crippen LogP contribution < -0.4 is 5.56 Å². The molecule has 0 unspecified atom stereocenters. The number of carbonyl (C=O) groups is 1. The van der Waals surface area contributed by atoms with Crippen molar-refractivity contribution >= 4 is 23.2 Å². The first-order valence-corrected chi connectivity index (χ1v) is 9.20. The van der Waals surface area contributed by atoms with E-state index in [0.717, 1.165) is 4.52 Å². The molecule has 0 radical (unpaired) electrons. The molecule has 1 N–H and O–H groups in total. The SMILES string of the molecule is CCOC(=O)c1c(-c2ccc(Cl)cc2)nn2c(=O)cc(-c3cccc(F)c3)[nH]c12. The first-order chi connectivity index (χ1) is 14.0. The molecule has 2 aromatic carbocycles. The Morgan fingerprint density at radius 2 is 1.93 bits per heavy atom. The van der Waals surface area contributed by atoms with Gasteiger partial charge in [-0.3, -0.25) is 4.79 Å². The Morgan fingerprint density at radius 1 is 1.17 bits per heavy atom. The largest absolute Gasteiger partial charge is 0.462 e. The molecule has 0 saturated carbocycles. The lowest BCUT2D eigenvalue weighted by Crippen LogP contribution is -2.15. The van der Waals surface area contributed by atoms with E-state index in [1.165, 1.54) is 24.3 Å². The Bertz CT molecular complexity index is 1280. The fraction of sp³-hybridized carbons (Fsp3) is 0.0952. The van der Waals surface area contributed by atoms with Crippen molar-refractivity contribution in [3.05, 3.63) is 81.4 Å². The number of hydrogen-bond acceptors (Lipinski definition) is 4. The van der Waals surface area contributed by atoms with Gasteiger partial charge in [-0.2, -0.15) is 9.61 Å². The second kappa shape index (κ2) is 7.52. The van der Waals surface area contributed by atoms with Crippen LogP contribution >= 0.6 is 11.6 Å². The number of carbonyl (C=O) groups excluding carboxylic acids is 1. The first kappa shape index (κ1) is 18.9. The number of fused-ring (bicyclic) bond motifs is 1. The summed E-state index contributed by atoms with van der Waals surface area (Å²) in [6, 6.07) is 13.8. The van der Waals surface area contributed by atoms with Crippen LogP contribution in [0.5, 0.6) is 0 Å². The van der Waals surface area contributed by atoms with E-state index in [1.807, 2.05) is 0 Å². The Hall–Kier alpha value is -3.45. The summed E-state index contributed by atoms with van der Waals surface area (Å²) in [5.41, 5.74) is 1.52. The van der Waals surface area contributed by atoms with Gasteiger partial charge in [0.25, 0.3) is 5.56 Å². The fourth-order valence-corrected chi connectivity index (χ4v) is 3.19. The lowest BCUT2D eigenvalue weighted by Gasteiger charge is -2.05. The Balaban J connectivity index is 2.00. The number of rotatable bonds is 4. The number of aromatic nitrogens is 3. The monoisotopic (exact) mass is 411 g/mol. The summed E-state index contributed by atoms with van der Waals surface area (Å²) in [6.45, 7) is 1.84. The molecular weight excluding hydrogens is 397 g/mol. The van der Waals surface area contributed by atoms with Gasteiger partial charge in [-0.15, -0.1) is 0 Å². The number of ether oxygens (including phenoxy) is 1. The molecule has 29 heavy (non-hydrogen) atoms. The number of H-pyrrole nitrogens is 1. The number of benzene rings is 2. The van der Waals surface area contributed by atoms with Crippen molar-refractivity contribution in [1.29, 1.82) is 0 Å². The van der Waals surface area contributed by atoms with Gasteiger partial charge < -0.3 is 9.72 Å². The van der Waals surface area contributed by atoms with Crippen LogP contribution in [0.25, 0.3) is 28.2 Å². The fourth-order valence-electron chi connectivity index (χ4n) is 3.06. The summed E-state index contributed by atoms with van der Waals surface area (Å²) >= 11 is 5.95. The summed E-state index contributed by atoms with van der Waals surface area (Å²) in [7, 11) is 0. The molecule has 0 saturated heterocycles. The molecule has 0 aliphatic carbocycles. The molecule has 4 rings (SSSR count). The van der Waals surface area contributed by atoms with Gasteiger partial charge in [0.15, 0.2) is 5.65 Å². The van der Waals surface area contributed by atoms with Crippen LogP contribution in [-0.2, 0) is 4.74 Å².